The average Bonchev–Trinajstić information content (AvgIpc) is 2.54. The maximum Gasteiger partial charge on any atom is 0.253 e. The SMILES string of the molecule is CN(C)C(=O)c1ccc(NC(=O)CSc2ccccc2Br)cc1. The van der Waals surface area contributed by atoms with E-state index in [4.69, 9.17) is 0 Å². The van der Waals surface area contributed by atoms with Crippen LogP contribution in [0.15, 0.2) is 57.9 Å². The average molecular weight is 393 g/mol. The molecule has 23 heavy (non-hydrogen) atoms. The van der Waals surface area contributed by atoms with Gasteiger partial charge in [0.1, 0.15) is 0 Å². The van der Waals surface area contributed by atoms with Crippen LogP contribution in [0.2, 0.25) is 0 Å². The van der Waals surface area contributed by atoms with Gasteiger partial charge in [-0.25, -0.2) is 0 Å². The minimum Gasteiger partial charge on any atom is -0.345 e. The van der Waals surface area contributed by atoms with Crippen molar-refractivity contribution in [3.63, 3.8) is 0 Å². The summed E-state index contributed by atoms with van der Waals surface area (Å²) in [6.45, 7) is 0. The summed E-state index contributed by atoms with van der Waals surface area (Å²) in [7, 11) is 3.41. The fourth-order valence-electron chi connectivity index (χ4n) is 1.86. The molecular weight excluding hydrogens is 376 g/mol. The van der Waals surface area contributed by atoms with Gasteiger partial charge in [0, 0.05) is 34.7 Å². The summed E-state index contributed by atoms with van der Waals surface area (Å²) in [6, 6.07) is 14.7. The van der Waals surface area contributed by atoms with Gasteiger partial charge in [0.15, 0.2) is 0 Å². The van der Waals surface area contributed by atoms with E-state index in [9.17, 15) is 9.59 Å². The predicted molar refractivity (Wildman–Crippen MR) is 98.0 cm³/mol. The number of halogens is 1. The molecule has 0 fully saturated rings. The number of carbonyl (C=O) groups excluding carboxylic acids is 2. The summed E-state index contributed by atoms with van der Waals surface area (Å²) in [6.07, 6.45) is 0. The second kappa shape index (κ2) is 8.17. The van der Waals surface area contributed by atoms with Gasteiger partial charge >= 0.3 is 0 Å². The van der Waals surface area contributed by atoms with Crippen LogP contribution in [0.5, 0.6) is 0 Å². The number of benzene rings is 2. The predicted octanol–water partition coefficient (Wildman–Crippen LogP) is 3.88. The highest BCUT2D eigenvalue weighted by Gasteiger charge is 2.09. The van der Waals surface area contributed by atoms with Crippen molar-refractivity contribution in [2.24, 2.45) is 0 Å². The maximum atomic E-state index is 12.0. The Labute approximate surface area is 148 Å². The van der Waals surface area contributed by atoms with Crippen molar-refractivity contribution in [3.05, 3.63) is 58.6 Å². The highest BCUT2D eigenvalue weighted by atomic mass is 79.9. The van der Waals surface area contributed by atoms with Gasteiger partial charge in [-0.15, -0.1) is 11.8 Å². The number of amides is 2. The topological polar surface area (TPSA) is 49.4 Å². The lowest BCUT2D eigenvalue weighted by Crippen LogP contribution is -2.21. The van der Waals surface area contributed by atoms with E-state index >= 15 is 0 Å². The number of hydrogen-bond donors (Lipinski definition) is 1. The Hall–Kier alpha value is -1.79. The molecule has 4 nitrogen and oxygen atoms in total. The largest absolute Gasteiger partial charge is 0.345 e. The first-order valence-corrected chi connectivity index (χ1v) is 8.74. The van der Waals surface area contributed by atoms with Gasteiger partial charge in [0.25, 0.3) is 5.91 Å². The van der Waals surface area contributed by atoms with E-state index in [1.54, 1.807) is 38.4 Å². The molecule has 1 N–H and O–H groups in total. The van der Waals surface area contributed by atoms with Crippen LogP contribution in [0.1, 0.15) is 10.4 Å². The van der Waals surface area contributed by atoms with Gasteiger partial charge in [-0.05, 0) is 52.3 Å². The molecule has 2 rings (SSSR count). The van der Waals surface area contributed by atoms with Crippen LogP contribution in [0.25, 0.3) is 0 Å². The summed E-state index contributed by atoms with van der Waals surface area (Å²) in [5, 5.41) is 2.83. The fraction of sp³-hybridized carbons (Fsp3) is 0.176. The van der Waals surface area contributed by atoms with E-state index in [-0.39, 0.29) is 11.8 Å². The number of hydrogen-bond acceptors (Lipinski definition) is 3. The first-order valence-electron chi connectivity index (χ1n) is 6.96. The lowest BCUT2D eigenvalue weighted by Gasteiger charge is -2.11. The van der Waals surface area contributed by atoms with E-state index in [2.05, 4.69) is 21.2 Å². The minimum atomic E-state index is -0.0857. The second-order valence-electron chi connectivity index (χ2n) is 5.04. The van der Waals surface area contributed by atoms with Gasteiger partial charge in [-0.3, -0.25) is 9.59 Å². The van der Waals surface area contributed by atoms with Crippen molar-refractivity contribution in [3.8, 4) is 0 Å². The Kier molecular flexibility index (Phi) is 6.24. The Morgan fingerprint density at radius 1 is 1.09 bits per heavy atom. The van der Waals surface area contributed by atoms with Gasteiger partial charge in [-0.1, -0.05) is 12.1 Å². The van der Waals surface area contributed by atoms with E-state index in [1.165, 1.54) is 16.7 Å². The zero-order valence-corrected chi connectivity index (χ0v) is 15.3. The van der Waals surface area contributed by atoms with Crippen molar-refractivity contribution in [1.82, 2.24) is 4.90 Å². The quantitative estimate of drug-likeness (QED) is 0.785. The fourth-order valence-corrected chi connectivity index (χ4v) is 3.22. The van der Waals surface area contributed by atoms with Crippen LogP contribution in [-0.4, -0.2) is 36.6 Å². The van der Waals surface area contributed by atoms with E-state index in [0.717, 1.165) is 9.37 Å². The third-order valence-corrected chi connectivity index (χ3v) is 5.04. The Morgan fingerprint density at radius 3 is 2.35 bits per heavy atom. The van der Waals surface area contributed by atoms with Crippen LogP contribution in [0.3, 0.4) is 0 Å². The zero-order valence-electron chi connectivity index (χ0n) is 12.9. The lowest BCUT2D eigenvalue weighted by molar-refractivity contribution is -0.113. The second-order valence-corrected chi connectivity index (χ2v) is 6.92. The summed E-state index contributed by atoms with van der Waals surface area (Å²) in [4.78, 5) is 26.3. The van der Waals surface area contributed by atoms with Crippen molar-refractivity contribution in [2.45, 2.75) is 4.90 Å². The summed E-state index contributed by atoms with van der Waals surface area (Å²) < 4.78 is 0.976. The molecule has 0 aromatic heterocycles. The minimum absolute atomic E-state index is 0.0626. The number of anilines is 1. The summed E-state index contributed by atoms with van der Waals surface area (Å²) in [5.41, 5.74) is 1.27. The van der Waals surface area contributed by atoms with Crippen molar-refractivity contribution < 1.29 is 9.59 Å². The smallest absolute Gasteiger partial charge is 0.253 e. The van der Waals surface area contributed by atoms with Crippen molar-refractivity contribution >= 4 is 45.2 Å². The molecular formula is C17H17BrN2O2S. The number of carbonyl (C=O) groups is 2. The van der Waals surface area contributed by atoms with Crippen LogP contribution in [0.4, 0.5) is 5.69 Å². The van der Waals surface area contributed by atoms with Gasteiger partial charge in [-0.2, -0.15) is 0 Å². The molecule has 0 saturated carbocycles. The highest BCUT2D eigenvalue weighted by molar-refractivity contribution is 9.10. The van der Waals surface area contributed by atoms with Crippen molar-refractivity contribution in [2.75, 3.05) is 25.2 Å². The molecule has 0 aliphatic carbocycles. The first kappa shape index (κ1) is 17.6. The molecule has 0 unspecified atom stereocenters. The molecule has 0 bridgehead atoms. The molecule has 6 heteroatoms. The maximum absolute atomic E-state index is 12.0. The van der Waals surface area contributed by atoms with Crippen LogP contribution in [0, 0.1) is 0 Å². The van der Waals surface area contributed by atoms with Gasteiger partial charge in [0.05, 0.1) is 5.75 Å². The molecule has 0 aliphatic rings. The standard InChI is InChI=1S/C17H17BrN2O2S/c1-20(2)17(22)12-7-9-13(10-8-12)19-16(21)11-23-15-6-4-3-5-14(15)18/h3-10H,11H2,1-2H3,(H,19,21). The molecule has 2 aromatic carbocycles. The Morgan fingerprint density at radius 2 is 1.74 bits per heavy atom. The van der Waals surface area contributed by atoms with Gasteiger partial charge < -0.3 is 10.2 Å². The Balaban J connectivity index is 1.90. The number of nitrogens with one attached hydrogen (secondary N) is 1. The summed E-state index contributed by atoms with van der Waals surface area (Å²) >= 11 is 4.92. The monoisotopic (exact) mass is 392 g/mol. The van der Waals surface area contributed by atoms with E-state index in [0.29, 0.717) is 17.0 Å². The molecule has 0 spiro atoms. The third-order valence-electron chi connectivity index (χ3n) is 3.02. The highest BCUT2D eigenvalue weighted by Crippen LogP contribution is 2.27. The normalized spacial score (nSPS) is 10.2. The Bertz CT molecular complexity index is 702. The number of nitrogens with zero attached hydrogens (tertiary/aromatic N) is 1. The molecule has 0 heterocycles. The van der Waals surface area contributed by atoms with E-state index < -0.39 is 0 Å². The first-order chi connectivity index (χ1) is 11.0. The van der Waals surface area contributed by atoms with Crippen LogP contribution in [-0.2, 0) is 4.79 Å². The van der Waals surface area contributed by atoms with Gasteiger partial charge in [0.2, 0.25) is 5.91 Å². The number of rotatable bonds is 5. The number of thioether (sulfide) groups is 1. The molecule has 0 atom stereocenters. The zero-order chi connectivity index (χ0) is 16.8. The summed E-state index contributed by atoms with van der Waals surface area (Å²) in [5.74, 6) is 0.172. The molecule has 0 aliphatic heterocycles. The molecule has 120 valence electrons. The molecule has 0 radical (unpaired) electrons. The molecule has 2 amide bonds. The molecule has 0 saturated heterocycles. The van der Waals surface area contributed by atoms with Crippen LogP contribution < -0.4 is 5.32 Å². The molecule has 2 aromatic rings. The lowest BCUT2D eigenvalue weighted by atomic mass is 10.2. The van der Waals surface area contributed by atoms with Crippen molar-refractivity contribution in [1.29, 1.82) is 0 Å². The van der Waals surface area contributed by atoms with Crippen LogP contribution >= 0.6 is 27.7 Å². The third kappa shape index (κ3) is 5.11. The van der Waals surface area contributed by atoms with E-state index in [1.807, 2.05) is 24.3 Å².